The van der Waals surface area contributed by atoms with Gasteiger partial charge in [-0.2, -0.15) is 0 Å². The number of unbranched alkanes of at least 4 members (excludes halogenated alkanes) is 2. The van der Waals surface area contributed by atoms with Gasteiger partial charge in [-0.25, -0.2) is 9.59 Å². The number of nitrogens with zero attached hydrogens (tertiary/aromatic N) is 4. The lowest BCUT2D eigenvalue weighted by molar-refractivity contribution is 0.118. The first-order valence-corrected chi connectivity index (χ1v) is 14.5. The maximum atomic E-state index is 13.3. The Hall–Kier alpha value is -2.58. The molecule has 0 aromatic heterocycles. The van der Waals surface area contributed by atoms with Crippen LogP contribution in [0.5, 0.6) is 11.5 Å². The fraction of sp³-hybridized carbons (Fsp3) is 0.667. The van der Waals surface area contributed by atoms with Crippen molar-refractivity contribution in [3.8, 4) is 11.5 Å². The number of benzene rings is 1. The minimum Gasteiger partial charge on any atom is -0.410 e. The summed E-state index contributed by atoms with van der Waals surface area (Å²) in [5, 5.41) is 0. The molecule has 1 atom stereocenters. The lowest BCUT2D eigenvalue weighted by Crippen LogP contribution is -2.48. The van der Waals surface area contributed by atoms with Crippen LogP contribution >= 0.6 is 0 Å². The van der Waals surface area contributed by atoms with Crippen LogP contribution in [0.4, 0.5) is 9.59 Å². The van der Waals surface area contributed by atoms with Gasteiger partial charge in [-0.15, -0.1) is 0 Å². The number of allylic oxidation sites excluding steroid dienone is 2. The molecule has 1 aliphatic carbocycles. The van der Waals surface area contributed by atoms with Crippen LogP contribution in [0.3, 0.4) is 0 Å². The first-order valence-electron chi connectivity index (χ1n) is 14.5. The number of carbonyl (C=O) groups excluding carboxylic acids is 2. The van der Waals surface area contributed by atoms with Gasteiger partial charge < -0.3 is 29.1 Å². The number of hydrogen-bond donors (Lipinski definition) is 0. The topological polar surface area (TPSA) is 65.6 Å². The molecule has 3 aliphatic rings. The molecule has 0 unspecified atom stereocenters. The van der Waals surface area contributed by atoms with Crippen molar-refractivity contribution < 1.29 is 19.1 Å². The summed E-state index contributed by atoms with van der Waals surface area (Å²) in [6, 6.07) is 4.04. The quantitative estimate of drug-likeness (QED) is 0.363. The Morgan fingerprint density at radius 1 is 0.842 bits per heavy atom. The Morgan fingerprint density at radius 2 is 1.37 bits per heavy atom. The Kier molecular flexibility index (Phi) is 10.1. The number of rotatable bonds is 7. The van der Waals surface area contributed by atoms with Gasteiger partial charge in [-0.3, -0.25) is 0 Å². The van der Waals surface area contributed by atoms with E-state index in [0.717, 1.165) is 82.3 Å². The average molecular weight is 527 g/mol. The molecule has 2 aliphatic heterocycles. The van der Waals surface area contributed by atoms with Crippen molar-refractivity contribution in [2.24, 2.45) is 0 Å². The van der Waals surface area contributed by atoms with Gasteiger partial charge >= 0.3 is 12.2 Å². The summed E-state index contributed by atoms with van der Waals surface area (Å²) >= 11 is 0. The zero-order valence-electron chi connectivity index (χ0n) is 23.8. The fourth-order valence-corrected chi connectivity index (χ4v) is 5.55. The third kappa shape index (κ3) is 7.50. The monoisotopic (exact) mass is 526 g/mol. The number of hydrogen-bond acceptors (Lipinski definition) is 6. The van der Waals surface area contributed by atoms with E-state index in [1.807, 2.05) is 12.1 Å². The van der Waals surface area contributed by atoms with Gasteiger partial charge in [-0.1, -0.05) is 31.4 Å². The van der Waals surface area contributed by atoms with Crippen LogP contribution < -0.4 is 9.47 Å². The third-order valence-electron chi connectivity index (χ3n) is 8.09. The van der Waals surface area contributed by atoms with Gasteiger partial charge in [0.05, 0.1) is 0 Å². The summed E-state index contributed by atoms with van der Waals surface area (Å²) in [6.45, 7) is 10.3. The molecule has 8 nitrogen and oxygen atoms in total. The number of ether oxygens (including phenoxy) is 2. The molecule has 4 rings (SSSR count). The van der Waals surface area contributed by atoms with E-state index in [0.29, 0.717) is 37.7 Å². The number of likely N-dealkylation sites (N-methyl/N-ethyl adjacent to an activating group) is 2. The minimum absolute atomic E-state index is 0.0408. The van der Waals surface area contributed by atoms with Gasteiger partial charge in [0.1, 0.15) is 11.5 Å². The average Bonchev–Trinajstić information content (AvgIpc) is 2.89. The Labute approximate surface area is 228 Å². The standard InChI is InChI=1S/C30H46N4O4/c1-5-6-7-10-24-21-26(37-29(35)33-16-12-31(3)13-17-33)28(25-11-8-9-23(2)20-25)27(22-24)38-30(36)34-18-14-32(4)15-19-34/h20-22,25H,5-19H2,1-4H3/t25-/m0/s1. The summed E-state index contributed by atoms with van der Waals surface area (Å²) < 4.78 is 12.3. The maximum absolute atomic E-state index is 13.3. The molecule has 38 heavy (non-hydrogen) atoms. The van der Waals surface area contributed by atoms with Crippen molar-refractivity contribution in [2.75, 3.05) is 66.5 Å². The van der Waals surface area contributed by atoms with E-state index in [4.69, 9.17) is 9.47 Å². The second kappa shape index (κ2) is 13.5. The molecule has 2 heterocycles. The predicted octanol–water partition coefficient (Wildman–Crippen LogP) is 5.13. The van der Waals surface area contributed by atoms with Crippen molar-refractivity contribution in [3.05, 3.63) is 34.9 Å². The second-order valence-corrected chi connectivity index (χ2v) is 11.3. The number of amides is 2. The van der Waals surface area contributed by atoms with E-state index in [1.54, 1.807) is 9.80 Å². The normalized spacial score (nSPS) is 21.3. The zero-order valence-corrected chi connectivity index (χ0v) is 23.8. The van der Waals surface area contributed by atoms with Crippen LogP contribution in [0, 0.1) is 0 Å². The van der Waals surface area contributed by atoms with Crippen LogP contribution in [0.25, 0.3) is 0 Å². The highest BCUT2D eigenvalue weighted by atomic mass is 16.6. The molecular formula is C30H46N4O4. The lowest BCUT2D eigenvalue weighted by Gasteiger charge is -2.33. The summed E-state index contributed by atoms with van der Waals surface area (Å²) in [7, 11) is 4.14. The largest absolute Gasteiger partial charge is 0.415 e. The molecule has 2 amide bonds. The Balaban J connectivity index is 1.67. The highest BCUT2D eigenvalue weighted by Crippen LogP contribution is 2.43. The van der Waals surface area contributed by atoms with Crippen molar-refractivity contribution in [1.29, 1.82) is 0 Å². The summed E-state index contributed by atoms with van der Waals surface area (Å²) in [4.78, 5) is 34.6. The molecule has 210 valence electrons. The molecule has 0 N–H and O–H groups in total. The van der Waals surface area contributed by atoms with Gasteiger partial charge in [0.25, 0.3) is 0 Å². The second-order valence-electron chi connectivity index (χ2n) is 11.3. The molecule has 0 radical (unpaired) electrons. The SMILES string of the molecule is CCCCCc1cc(OC(=O)N2CCN(C)CC2)c([C@@H]2C=C(C)CCC2)c(OC(=O)N2CCN(C)CC2)c1. The maximum Gasteiger partial charge on any atom is 0.415 e. The van der Waals surface area contributed by atoms with Crippen LogP contribution in [0.2, 0.25) is 0 Å². The van der Waals surface area contributed by atoms with E-state index >= 15 is 0 Å². The number of aryl methyl sites for hydroxylation is 1. The first kappa shape index (κ1) is 28.4. The smallest absolute Gasteiger partial charge is 0.410 e. The molecule has 0 saturated carbocycles. The predicted molar refractivity (Wildman–Crippen MR) is 150 cm³/mol. The highest BCUT2D eigenvalue weighted by Gasteiger charge is 2.29. The van der Waals surface area contributed by atoms with E-state index < -0.39 is 0 Å². The summed E-state index contributed by atoms with van der Waals surface area (Å²) in [6.07, 6.45) is 8.82. The molecule has 1 aromatic carbocycles. The number of carbonyl (C=O) groups is 2. The van der Waals surface area contributed by atoms with E-state index in [1.165, 1.54) is 5.57 Å². The minimum atomic E-state index is -0.321. The molecule has 2 saturated heterocycles. The fourth-order valence-electron chi connectivity index (χ4n) is 5.55. The first-order chi connectivity index (χ1) is 18.3. The van der Waals surface area contributed by atoms with Gasteiger partial charge in [0.2, 0.25) is 0 Å². The van der Waals surface area contributed by atoms with Gasteiger partial charge in [0, 0.05) is 63.8 Å². The van der Waals surface area contributed by atoms with Gasteiger partial charge in [-0.05, 0) is 70.8 Å². The zero-order chi connectivity index (χ0) is 27.1. The van der Waals surface area contributed by atoms with Crippen LogP contribution in [0.1, 0.15) is 69.4 Å². The molecular weight excluding hydrogens is 480 g/mol. The summed E-state index contributed by atoms with van der Waals surface area (Å²) in [5.74, 6) is 1.12. The molecule has 8 heteroatoms. The lowest BCUT2D eigenvalue weighted by atomic mass is 9.84. The van der Waals surface area contributed by atoms with Crippen molar-refractivity contribution in [3.63, 3.8) is 0 Å². The number of piperazine rings is 2. The van der Waals surface area contributed by atoms with Crippen molar-refractivity contribution in [2.45, 2.75) is 64.7 Å². The van der Waals surface area contributed by atoms with Crippen LogP contribution in [-0.2, 0) is 6.42 Å². The Bertz CT molecular complexity index is 937. The van der Waals surface area contributed by atoms with Crippen LogP contribution in [-0.4, -0.2) is 98.2 Å². The molecule has 1 aromatic rings. The molecule has 0 bridgehead atoms. The third-order valence-corrected chi connectivity index (χ3v) is 8.09. The van der Waals surface area contributed by atoms with Crippen molar-refractivity contribution in [1.82, 2.24) is 19.6 Å². The molecule has 2 fully saturated rings. The summed E-state index contributed by atoms with van der Waals surface area (Å²) in [5.41, 5.74) is 3.19. The Morgan fingerprint density at radius 3 is 1.84 bits per heavy atom. The van der Waals surface area contributed by atoms with Crippen molar-refractivity contribution >= 4 is 12.2 Å². The molecule has 0 spiro atoms. The highest BCUT2D eigenvalue weighted by molar-refractivity contribution is 5.75. The van der Waals surface area contributed by atoms with E-state index in [9.17, 15) is 9.59 Å². The van der Waals surface area contributed by atoms with E-state index in [2.05, 4.69) is 43.8 Å². The van der Waals surface area contributed by atoms with E-state index in [-0.39, 0.29) is 18.1 Å². The van der Waals surface area contributed by atoms with Crippen LogP contribution in [0.15, 0.2) is 23.8 Å². The van der Waals surface area contributed by atoms with Gasteiger partial charge in [0.15, 0.2) is 0 Å².